The van der Waals surface area contributed by atoms with Gasteiger partial charge in [0, 0.05) is 31.7 Å². The highest BCUT2D eigenvalue weighted by atomic mass is 32.2. The Morgan fingerprint density at radius 2 is 1.77 bits per heavy atom. The fourth-order valence-corrected chi connectivity index (χ4v) is 4.79. The molecule has 2 aromatic carbocycles. The van der Waals surface area contributed by atoms with Gasteiger partial charge in [-0.15, -0.1) is 0 Å². The third kappa shape index (κ3) is 3.27. The van der Waals surface area contributed by atoms with E-state index in [0.717, 1.165) is 16.8 Å². The van der Waals surface area contributed by atoms with Crippen LogP contribution in [0.1, 0.15) is 25.0 Å². The number of rotatable bonds is 5. The molecular formula is C20H24N2O3S. The predicted octanol–water partition coefficient (Wildman–Crippen LogP) is 2.80. The second kappa shape index (κ2) is 6.52. The van der Waals surface area contributed by atoms with Crippen LogP contribution in [0.15, 0.2) is 53.4 Å². The minimum Gasteiger partial charge on any atom is -0.315 e. The van der Waals surface area contributed by atoms with E-state index in [9.17, 15) is 13.2 Å². The van der Waals surface area contributed by atoms with Gasteiger partial charge in [-0.2, -0.15) is 0 Å². The van der Waals surface area contributed by atoms with Crippen molar-refractivity contribution in [1.82, 2.24) is 4.31 Å². The van der Waals surface area contributed by atoms with Gasteiger partial charge < -0.3 is 4.90 Å². The molecule has 0 N–H and O–H groups in total. The molecule has 0 unspecified atom stereocenters. The third-order valence-corrected chi connectivity index (χ3v) is 6.81. The van der Waals surface area contributed by atoms with E-state index in [2.05, 4.69) is 0 Å². The van der Waals surface area contributed by atoms with E-state index in [1.165, 1.54) is 4.31 Å². The van der Waals surface area contributed by atoms with Crippen molar-refractivity contribution in [3.8, 4) is 0 Å². The largest absolute Gasteiger partial charge is 0.315 e. The van der Waals surface area contributed by atoms with Crippen LogP contribution in [0.5, 0.6) is 0 Å². The van der Waals surface area contributed by atoms with Crippen LogP contribution in [-0.2, 0) is 26.7 Å². The summed E-state index contributed by atoms with van der Waals surface area (Å²) in [6, 6.07) is 14.8. The first-order valence-corrected chi connectivity index (χ1v) is 9.98. The number of hydrogen-bond acceptors (Lipinski definition) is 3. The van der Waals surface area contributed by atoms with E-state index >= 15 is 0 Å². The molecule has 0 aliphatic carbocycles. The van der Waals surface area contributed by atoms with E-state index in [1.807, 2.05) is 44.2 Å². The second-order valence-electron chi connectivity index (χ2n) is 7.43. The molecule has 0 bridgehead atoms. The van der Waals surface area contributed by atoms with Crippen LogP contribution >= 0.6 is 0 Å². The summed E-state index contributed by atoms with van der Waals surface area (Å²) in [4.78, 5) is 13.6. The average Bonchev–Trinajstić information content (AvgIpc) is 2.89. The Morgan fingerprint density at radius 3 is 2.42 bits per heavy atom. The number of carbonyl (C=O) groups excluding carboxylic acids is 1. The topological polar surface area (TPSA) is 57.7 Å². The fourth-order valence-electron chi connectivity index (χ4n) is 3.41. The molecule has 138 valence electrons. The molecule has 2 aromatic rings. The highest BCUT2D eigenvalue weighted by molar-refractivity contribution is 7.89. The van der Waals surface area contributed by atoms with Crippen molar-refractivity contribution in [2.24, 2.45) is 0 Å². The van der Waals surface area contributed by atoms with Crippen molar-refractivity contribution < 1.29 is 13.2 Å². The lowest BCUT2D eigenvalue weighted by molar-refractivity contribution is -0.117. The van der Waals surface area contributed by atoms with Crippen LogP contribution < -0.4 is 4.90 Å². The maximum atomic E-state index is 13.0. The minimum atomic E-state index is -3.63. The van der Waals surface area contributed by atoms with E-state index in [-0.39, 0.29) is 22.6 Å². The van der Waals surface area contributed by atoms with Crippen molar-refractivity contribution >= 4 is 21.6 Å². The van der Waals surface area contributed by atoms with Gasteiger partial charge in [-0.1, -0.05) is 44.2 Å². The van der Waals surface area contributed by atoms with Gasteiger partial charge in [-0.25, -0.2) is 12.7 Å². The molecule has 1 heterocycles. The van der Waals surface area contributed by atoms with Crippen LogP contribution in [0.2, 0.25) is 0 Å². The summed E-state index contributed by atoms with van der Waals surface area (Å²) in [5, 5.41) is 0. The number of hydrogen-bond donors (Lipinski definition) is 0. The molecule has 0 atom stereocenters. The Kier molecular flexibility index (Phi) is 4.67. The van der Waals surface area contributed by atoms with Gasteiger partial charge in [0.25, 0.3) is 0 Å². The highest BCUT2D eigenvalue weighted by Gasteiger charge is 2.31. The van der Waals surface area contributed by atoms with Gasteiger partial charge in [0.2, 0.25) is 15.9 Å². The number of carbonyl (C=O) groups is 1. The molecule has 1 amide bonds. The molecule has 0 fully saturated rings. The fraction of sp³-hybridized carbons (Fsp3) is 0.350. The minimum absolute atomic E-state index is 0.0203. The van der Waals surface area contributed by atoms with Crippen molar-refractivity contribution in [3.05, 3.63) is 59.7 Å². The van der Waals surface area contributed by atoms with Gasteiger partial charge in [-0.3, -0.25) is 4.79 Å². The SMILES string of the molecule is CN1C(=O)Cc2cc(S(=O)(=O)N(C)CC(C)(C)c3ccccc3)ccc21. The highest BCUT2D eigenvalue weighted by Crippen LogP contribution is 2.31. The molecule has 6 heteroatoms. The number of anilines is 1. The number of sulfonamides is 1. The summed E-state index contributed by atoms with van der Waals surface area (Å²) < 4.78 is 27.5. The van der Waals surface area contributed by atoms with E-state index in [0.29, 0.717) is 6.54 Å². The molecule has 1 aliphatic rings. The molecule has 0 spiro atoms. The molecule has 0 saturated carbocycles. The summed E-state index contributed by atoms with van der Waals surface area (Å²) in [6.45, 7) is 4.42. The zero-order valence-corrected chi connectivity index (χ0v) is 16.4. The number of fused-ring (bicyclic) bond motifs is 1. The molecule has 0 aromatic heterocycles. The Morgan fingerprint density at radius 1 is 1.12 bits per heavy atom. The molecule has 0 radical (unpaired) electrons. The molecule has 1 aliphatic heterocycles. The van der Waals surface area contributed by atoms with Crippen LogP contribution in [0.3, 0.4) is 0 Å². The van der Waals surface area contributed by atoms with E-state index < -0.39 is 10.0 Å². The zero-order chi connectivity index (χ0) is 19.1. The zero-order valence-electron chi connectivity index (χ0n) is 15.6. The molecule has 0 saturated heterocycles. The van der Waals surface area contributed by atoms with Crippen LogP contribution in [0, 0.1) is 0 Å². The van der Waals surface area contributed by atoms with E-state index in [1.54, 1.807) is 37.2 Å². The number of likely N-dealkylation sites (N-methyl/N-ethyl adjacent to an activating group) is 2. The number of benzene rings is 2. The lowest BCUT2D eigenvalue weighted by Crippen LogP contribution is -2.38. The summed E-state index contributed by atoms with van der Waals surface area (Å²) in [5.74, 6) is -0.0203. The van der Waals surface area contributed by atoms with E-state index in [4.69, 9.17) is 0 Å². The smallest absolute Gasteiger partial charge is 0.242 e. The van der Waals surface area contributed by atoms with Crippen molar-refractivity contribution in [2.45, 2.75) is 30.6 Å². The first-order chi connectivity index (χ1) is 12.1. The first kappa shape index (κ1) is 18.6. The summed E-state index contributed by atoms with van der Waals surface area (Å²) in [6.07, 6.45) is 0.244. The predicted molar refractivity (Wildman–Crippen MR) is 103 cm³/mol. The normalized spacial score (nSPS) is 14.8. The van der Waals surface area contributed by atoms with Crippen molar-refractivity contribution in [2.75, 3.05) is 25.5 Å². The second-order valence-corrected chi connectivity index (χ2v) is 9.48. The van der Waals surface area contributed by atoms with Crippen molar-refractivity contribution in [1.29, 1.82) is 0 Å². The number of nitrogens with zero attached hydrogens (tertiary/aromatic N) is 2. The maximum absolute atomic E-state index is 13.0. The Bertz CT molecular complexity index is 937. The lowest BCUT2D eigenvalue weighted by Gasteiger charge is -2.30. The van der Waals surface area contributed by atoms with Crippen LogP contribution in [0.25, 0.3) is 0 Å². The molecule has 3 rings (SSSR count). The third-order valence-electron chi connectivity index (χ3n) is 5.01. The van der Waals surface area contributed by atoms with Gasteiger partial charge in [-0.05, 0) is 29.3 Å². The van der Waals surface area contributed by atoms with Gasteiger partial charge >= 0.3 is 0 Å². The summed E-state index contributed by atoms with van der Waals surface area (Å²) >= 11 is 0. The Hall–Kier alpha value is -2.18. The number of amides is 1. The monoisotopic (exact) mass is 372 g/mol. The van der Waals surface area contributed by atoms with Crippen molar-refractivity contribution in [3.63, 3.8) is 0 Å². The van der Waals surface area contributed by atoms with Gasteiger partial charge in [0.05, 0.1) is 11.3 Å². The molecule has 5 nitrogen and oxygen atoms in total. The standard InChI is InChI=1S/C20H24N2O3S/c1-20(2,16-8-6-5-7-9-16)14-21(3)26(24,25)17-10-11-18-15(12-17)13-19(23)22(18)4/h5-12H,13-14H2,1-4H3. The Labute approximate surface area is 155 Å². The average molecular weight is 372 g/mol. The maximum Gasteiger partial charge on any atom is 0.242 e. The molecule has 26 heavy (non-hydrogen) atoms. The first-order valence-electron chi connectivity index (χ1n) is 8.54. The lowest BCUT2D eigenvalue weighted by atomic mass is 9.85. The van der Waals surface area contributed by atoms with Gasteiger partial charge in [0.1, 0.15) is 0 Å². The van der Waals surface area contributed by atoms with Gasteiger partial charge in [0.15, 0.2) is 0 Å². The Balaban J connectivity index is 1.87. The summed E-state index contributed by atoms with van der Waals surface area (Å²) in [5.41, 5.74) is 2.30. The van der Waals surface area contributed by atoms with Crippen LogP contribution in [0.4, 0.5) is 5.69 Å². The summed E-state index contributed by atoms with van der Waals surface area (Å²) in [7, 11) is -0.326. The molecular weight excluding hydrogens is 348 g/mol. The van der Waals surface area contributed by atoms with Crippen LogP contribution in [-0.4, -0.2) is 39.3 Å². The quantitative estimate of drug-likeness (QED) is 0.811.